The number of hydrogen-bond donors (Lipinski definition) is 2. The number of nitrogen functional groups attached to an aromatic ring is 1. The van der Waals surface area contributed by atoms with Crippen LogP contribution >= 0.6 is 11.6 Å². The zero-order chi connectivity index (χ0) is 22.7. The molecule has 3 N–H and O–H groups in total. The van der Waals surface area contributed by atoms with Gasteiger partial charge in [0.2, 0.25) is 0 Å². The van der Waals surface area contributed by atoms with Gasteiger partial charge in [-0.15, -0.1) is 0 Å². The van der Waals surface area contributed by atoms with E-state index in [4.69, 9.17) is 32.2 Å². The first-order chi connectivity index (χ1) is 15.5. The molecule has 0 saturated heterocycles. The van der Waals surface area contributed by atoms with E-state index in [-0.39, 0.29) is 30.8 Å². The Labute approximate surface area is 190 Å². The Morgan fingerprint density at radius 1 is 1.25 bits per heavy atom. The van der Waals surface area contributed by atoms with Crippen LogP contribution in [0.4, 0.5) is 10.2 Å². The standard InChI is InChI=1S/C24H22ClFN4O2/c1-29-12-14-9-19(18-10-16(6-7-21(18)26)32-15-4-5-15)23(11-20(14)25)31-13-22(27)17-3-2-8-30-24(17)28/h2-3,6-11,15,27H,1,4-5,12-13H2,(H2,28,30). The molecular formula is C24H22ClFN4O2. The van der Waals surface area contributed by atoms with E-state index in [0.29, 0.717) is 38.8 Å². The van der Waals surface area contributed by atoms with Gasteiger partial charge in [0, 0.05) is 27.9 Å². The zero-order valence-electron chi connectivity index (χ0n) is 17.3. The van der Waals surface area contributed by atoms with Crippen molar-refractivity contribution in [3.8, 4) is 22.6 Å². The topological polar surface area (TPSA) is 93.6 Å². The molecule has 32 heavy (non-hydrogen) atoms. The molecule has 164 valence electrons. The number of nitrogens with two attached hydrogens (primary N) is 1. The molecule has 3 aromatic rings. The molecule has 4 rings (SSSR count). The smallest absolute Gasteiger partial charge is 0.132 e. The third-order valence-electron chi connectivity index (χ3n) is 5.02. The summed E-state index contributed by atoms with van der Waals surface area (Å²) in [6.07, 6.45) is 3.73. The summed E-state index contributed by atoms with van der Waals surface area (Å²) in [5.41, 5.74) is 7.95. The Hall–Kier alpha value is -3.45. The number of aromatic nitrogens is 1. The molecule has 0 bridgehead atoms. The van der Waals surface area contributed by atoms with Gasteiger partial charge in [-0.1, -0.05) is 11.6 Å². The van der Waals surface area contributed by atoms with E-state index in [0.717, 1.165) is 12.8 Å². The number of aliphatic imine (C=N–C) groups is 1. The third kappa shape index (κ3) is 4.89. The molecule has 0 amide bonds. The van der Waals surface area contributed by atoms with Crippen LogP contribution in [-0.2, 0) is 6.54 Å². The lowest BCUT2D eigenvalue weighted by Crippen LogP contribution is -2.14. The van der Waals surface area contributed by atoms with Gasteiger partial charge in [-0.3, -0.25) is 4.99 Å². The van der Waals surface area contributed by atoms with Crippen molar-refractivity contribution in [3.05, 3.63) is 70.6 Å². The molecule has 8 heteroatoms. The molecule has 1 fully saturated rings. The summed E-state index contributed by atoms with van der Waals surface area (Å²) >= 11 is 6.40. The van der Waals surface area contributed by atoms with Crippen LogP contribution in [0.3, 0.4) is 0 Å². The van der Waals surface area contributed by atoms with E-state index in [2.05, 4.69) is 16.7 Å². The van der Waals surface area contributed by atoms with Gasteiger partial charge < -0.3 is 20.6 Å². The van der Waals surface area contributed by atoms with E-state index >= 15 is 0 Å². The second-order valence-corrected chi connectivity index (χ2v) is 7.89. The van der Waals surface area contributed by atoms with Gasteiger partial charge in [0.1, 0.15) is 29.7 Å². The van der Waals surface area contributed by atoms with Crippen molar-refractivity contribution in [1.82, 2.24) is 4.98 Å². The van der Waals surface area contributed by atoms with Gasteiger partial charge >= 0.3 is 0 Å². The Bertz CT molecular complexity index is 1180. The van der Waals surface area contributed by atoms with Crippen molar-refractivity contribution in [1.29, 1.82) is 5.41 Å². The molecule has 0 atom stereocenters. The maximum absolute atomic E-state index is 14.9. The Morgan fingerprint density at radius 2 is 2.06 bits per heavy atom. The highest BCUT2D eigenvalue weighted by Gasteiger charge is 2.24. The molecule has 0 aliphatic heterocycles. The average molecular weight is 453 g/mol. The first-order valence-electron chi connectivity index (χ1n) is 10.1. The van der Waals surface area contributed by atoms with Crippen molar-refractivity contribution in [3.63, 3.8) is 0 Å². The summed E-state index contributed by atoms with van der Waals surface area (Å²) in [6.45, 7) is 3.69. The van der Waals surface area contributed by atoms with E-state index < -0.39 is 5.82 Å². The molecule has 0 spiro atoms. The first kappa shape index (κ1) is 21.8. The number of nitrogens with zero attached hydrogens (tertiary/aromatic N) is 2. The van der Waals surface area contributed by atoms with Gasteiger partial charge in [0.15, 0.2) is 0 Å². The summed E-state index contributed by atoms with van der Waals surface area (Å²) in [6, 6.07) is 11.4. The molecule has 1 aliphatic rings. The van der Waals surface area contributed by atoms with Crippen LogP contribution < -0.4 is 15.2 Å². The summed E-state index contributed by atoms with van der Waals surface area (Å²) in [5.74, 6) is 0.730. The Morgan fingerprint density at radius 3 is 2.78 bits per heavy atom. The maximum atomic E-state index is 14.9. The van der Waals surface area contributed by atoms with Crippen LogP contribution in [0.1, 0.15) is 24.0 Å². The third-order valence-corrected chi connectivity index (χ3v) is 5.37. The number of rotatable bonds is 9. The molecule has 1 aromatic heterocycles. The number of hydrogen-bond acceptors (Lipinski definition) is 6. The van der Waals surface area contributed by atoms with Crippen molar-refractivity contribution < 1.29 is 13.9 Å². The van der Waals surface area contributed by atoms with Gasteiger partial charge in [-0.05, 0) is 67.6 Å². The zero-order valence-corrected chi connectivity index (χ0v) is 18.0. The normalized spacial score (nSPS) is 12.9. The minimum Gasteiger partial charge on any atom is -0.490 e. The van der Waals surface area contributed by atoms with Crippen LogP contribution in [-0.4, -0.2) is 30.1 Å². The maximum Gasteiger partial charge on any atom is 0.132 e. The lowest BCUT2D eigenvalue weighted by Gasteiger charge is -2.16. The van der Waals surface area contributed by atoms with E-state index in [1.165, 1.54) is 6.07 Å². The Balaban J connectivity index is 1.69. The molecule has 0 unspecified atom stereocenters. The lowest BCUT2D eigenvalue weighted by atomic mass is 10.0. The monoisotopic (exact) mass is 452 g/mol. The van der Waals surface area contributed by atoms with Crippen molar-refractivity contribution >= 4 is 29.8 Å². The molecule has 1 saturated carbocycles. The first-order valence-corrected chi connectivity index (χ1v) is 10.5. The molecule has 1 heterocycles. The summed E-state index contributed by atoms with van der Waals surface area (Å²) in [7, 11) is 0. The van der Waals surface area contributed by atoms with Crippen molar-refractivity contribution in [2.24, 2.45) is 4.99 Å². The number of ether oxygens (including phenoxy) is 2. The molecular weight excluding hydrogens is 431 g/mol. The SMILES string of the molecule is C=NCc1cc(-c2cc(OC3CC3)ccc2F)c(OCC(=N)c2cccnc2N)cc1Cl. The summed E-state index contributed by atoms with van der Waals surface area (Å²) < 4.78 is 26.6. The van der Waals surface area contributed by atoms with Crippen molar-refractivity contribution in [2.45, 2.75) is 25.5 Å². The van der Waals surface area contributed by atoms with E-state index in [1.807, 2.05) is 0 Å². The molecule has 6 nitrogen and oxygen atoms in total. The van der Waals surface area contributed by atoms with E-state index in [9.17, 15) is 4.39 Å². The quantitative estimate of drug-likeness (QED) is 0.430. The number of benzene rings is 2. The summed E-state index contributed by atoms with van der Waals surface area (Å²) in [5, 5.41) is 8.73. The highest BCUT2D eigenvalue weighted by atomic mass is 35.5. The van der Waals surface area contributed by atoms with Crippen LogP contribution in [0.25, 0.3) is 11.1 Å². The fourth-order valence-electron chi connectivity index (χ4n) is 3.23. The number of nitrogens with one attached hydrogen (secondary N) is 1. The largest absolute Gasteiger partial charge is 0.490 e. The lowest BCUT2D eigenvalue weighted by molar-refractivity contribution is 0.303. The fourth-order valence-corrected chi connectivity index (χ4v) is 3.45. The number of pyridine rings is 1. The minimum absolute atomic E-state index is 0.0990. The fraction of sp³-hybridized carbons (Fsp3) is 0.208. The van der Waals surface area contributed by atoms with Crippen molar-refractivity contribution in [2.75, 3.05) is 12.3 Å². The number of halogens is 2. The van der Waals surface area contributed by atoms with Crippen LogP contribution in [0.5, 0.6) is 11.5 Å². The van der Waals surface area contributed by atoms with Crippen LogP contribution in [0, 0.1) is 11.2 Å². The highest BCUT2D eigenvalue weighted by molar-refractivity contribution is 6.31. The van der Waals surface area contributed by atoms with Gasteiger partial charge in [-0.25, -0.2) is 9.37 Å². The molecule has 2 aromatic carbocycles. The molecule has 0 radical (unpaired) electrons. The van der Waals surface area contributed by atoms with Crippen LogP contribution in [0.2, 0.25) is 5.02 Å². The average Bonchev–Trinajstić information content (AvgIpc) is 3.59. The second kappa shape index (κ2) is 9.36. The van der Waals surface area contributed by atoms with Crippen LogP contribution in [0.15, 0.2) is 53.7 Å². The predicted molar refractivity (Wildman–Crippen MR) is 125 cm³/mol. The second-order valence-electron chi connectivity index (χ2n) is 7.48. The van der Waals surface area contributed by atoms with Gasteiger partial charge in [0.25, 0.3) is 0 Å². The Kier molecular flexibility index (Phi) is 6.37. The molecule has 1 aliphatic carbocycles. The minimum atomic E-state index is -0.426. The predicted octanol–water partition coefficient (Wildman–Crippen LogP) is 5.31. The summed E-state index contributed by atoms with van der Waals surface area (Å²) in [4.78, 5) is 7.89. The van der Waals surface area contributed by atoms with Gasteiger partial charge in [-0.2, -0.15) is 0 Å². The van der Waals surface area contributed by atoms with Gasteiger partial charge in [0.05, 0.1) is 18.4 Å². The highest BCUT2D eigenvalue weighted by Crippen LogP contribution is 2.39. The van der Waals surface area contributed by atoms with E-state index in [1.54, 1.807) is 42.6 Å². The number of anilines is 1.